The van der Waals surface area contributed by atoms with Crippen LogP contribution in [0.3, 0.4) is 0 Å². The lowest BCUT2D eigenvalue weighted by atomic mass is 9.85. The monoisotopic (exact) mass is 378 g/mol. The molecule has 0 radical (unpaired) electrons. The first kappa shape index (κ1) is 17.5. The fraction of sp³-hybridized carbons (Fsp3) is 0.412. The minimum Gasteiger partial charge on any atom is -0.358 e. The standard InChI is InChI=1S/C17H17F3N6O/c18-17(19,20)10-1-3-11(4-2-10)23-15(27)14-13-12(5-6-22-13)24-16(25-14)26-8-7-21-9-26/h5-11,22H,1-4H2,(H,23,27)/t10-,11+. The molecule has 1 aliphatic carbocycles. The molecule has 142 valence electrons. The van der Waals surface area contributed by atoms with E-state index in [0.29, 0.717) is 29.8 Å². The van der Waals surface area contributed by atoms with Crippen molar-refractivity contribution in [3.63, 3.8) is 0 Å². The number of halogens is 3. The van der Waals surface area contributed by atoms with Gasteiger partial charge in [0.05, 0.1) is 17.0 Å². The van der Waals surface area contributed by atoms with E-state index in [9.17, 15) is 18.0 Å². The number of amides is 1. The van der Waals surface area contributed by atoms with Gasteiger partial charge >= 0.3 is 6.18 Å². The van der Waals surface area contributed by atoms with Crippen molar-refractivity contribution in [1.29, 1.82) is 0 Å². The molecule has 1 saturated carbocycles. The topological polar surface area (TPSA) is 88.5 Å². The van der Waals surface area contributed by atoms with Crippen LogP contribution in [0.15, 0.2) is 31.0 Å². The molecule has 4 rings (SSSR count). The lowest BCUT2D eigenvalue weighted by molar-refractivity contribution is -0.182. The van der Waals surface area contributed by atoms with Crippen LogP contribution in [0.25, 0.3) is 17.0 Å². The molecule has 0 atom stereocenters. The van der Waals surface area contributed by atoms with Crippen molar-refractivity contribution in [1.82, 2.24) is 29.8 Å². The summed E-state index contributed by atoms with van der Waals surface area (Å²) in [7, 11) is 0. The summed E-state index contributed by atoms with van der Waals surface area (Å²) in [5.74, 6) is -1.42. The van der Waals surface area contributed by atoms with Gasteiger partial charge < -0.3 is 10.3 Å². The predicted molar refractivity (Wildman–Crippen MR) is 90.3 cm³/mol. The third kappa shape index (κ3) is 3.51. The molecule has 1 amide bonds. The Morgan fingerprint density at radius 2 is 2.00 bits per heavy atom. The molecule has 1 aliphatic rings. The second-order valence-electron chi connectivity index (χ2n) is 6.64. The van der Waals surface area contributed by atoms with Gasteiger partial charge in [-0.2, -0.15) is 13.2 Å². The van der Waals surface area contributed by atoms with Gasteiger partial charge in [0.1, 0.15) is 6.33 Å². The van der Waals surface area contributed by atoms with E-state index >= 15 is 0 Å². The van der Waals surface area contributed by atoms with Crippen LogP contribution in [-0.4, -0.2) is 42.6 Å². The van der Waals surface area contributed by atoms with E-state index in [1.165, 1.54) is 6.33 Å². The van der Waals surface area contributed by atoms with Gasteiger partial charge in [-0.3, -0.25) is 9.36 Å². The summed E-state index contributed by atoms with van der Waals surface area (Å²) in [6.45, 7) is 0. The zero-order valence-electron chi connectivity index (χ0n) is 14.2. The number of nitrogens with one attached hydrogen (secondary N) is 2. The molecule has 0 aliphatic heterocycles. The first-order valence-electron chi connectivity index (χ1n) is 8.63. The summed E-state index contributed by atoms with van der Waals surface area (Å²) in [5, 5.41) is 2.82. The van der Waals surface area contributed by atoms with Crippen LogP contribution in [-0.2, 0) is 0 Å². The van der Waals surface area contributed by atoms with Crippen LogP contribution in [0.2, 0.25) is 0 Å². The average molecular weight is 378 g/mol. The summed E-state index contributed by atoms with van der Waals surface area (Å²) in [5.41, 5.74) is 1.21. The van der Waals surface area contributed by atoms with Crippen molar-refractivity contribution >= 4 is 16.9 Å². The SMILES string of the molecule is O=C(N[C@H]1CC[C@@H](C(F)(F)F)CC1)c1nc(-n2ccnc2)nc2cc[nH]c12. The Hall–Kier alpha value is -2.91. The van der Waals surface area contributed by atoms with Gasteiger partial charge in [-0.05, 0) is 31.7 Å². The number of rotatable bonds is 3. The van der Waals surface area contributed by atoms with Crippen LogP contribution in [0.4, 0.5) is 13.2 Å². The maximum absolute atomic E-state index is 12.8. The van der Waals surface area contributed by atoms with Crippen molar-refractivity contribution in [2.45, 2.75) is 37.9 Å². The van der Waals surface area contributed by atoms with Gasteiger partial charge in [-0.25, -0.2) is 15.0 Å². The molecule has 27 heavy (non-hydrogen) atoms. The van der Waals surface area contributed by atoms with Crippen LogP contribution in [0.1, 0.15) is 36.2 Å². The maximum atomic E-state index is 12.8. The van der Waals surface area contributed by atoms with E-state index in [1.807, 2.05) is 0 Å². The first-order chi connectivity index (χ1) is 12.9. The third-order valence-corrected chi connectivity index (χ3v) is 4.87. The van der Waals surface area contributed by atoms with E-state index in [1.54, 1.807) is 29.2 Å². The summed E-state index contributed by atoms with van der Waals surface area (Å²) in [6, 6.07) is 1.43. The largest absolute Gasteiger partial charge is 0.391 e. The number of hydrogen-bond donors (Lipinski definition) is 2. The second-order valence-corrected chi connectivity index (χ2v) is 6.64. The van der Waals surface area contributed by atoms with Gasteiger partial charge in [-0.15, -0.1) is 0 Å². The minimum atomic E-state index is -4.17. The van der Waals surface area contributed by atoms with Crippen molar-refractivity contribution in [3.05, 3.63) is 36.7 Å². The number of nitrogens with zero attached hydrogens (tertiary/aromatic N) is 4. The number of carbonyl (C=O) groups is 1. The number of fused-ring (bicyclic) bond motifs is 1. The summed E-state index contributed by atoms with van der Waals surface area (Å²) < 4.78 is 40.0. The number of carbonyl (C=O) groups excluding carboxylic acids is 1. The zero-order chi connectivity index (χ0) is 19.0. The number of alkyl halides is 3. The Kier molecular flexibility index (Phi) is 4.33. The Balaban J connectivity index is 1.54. The van der Waals surface area contributed by atoms with E-state index in [4.69, 9.17) is 0 Å². The molecule has 0 aromatic carbocycles. The normalized spacial score (nSPS) is 20.7. The summed E-state index contributed by atoms with van der Waals surface area (Å²) >= 11 is 0. The van der Waals surface area contributed by atoms with E-state index in [0.717, 1.165) is 0 Å². The zero-order valence-corrected chi connectivity index (χ0v) is 14.2. The number of H-pyrrole nitrogens is 1. The van der Waals surface area contributed by atoms with Gasteiger partial charge in [0.2, 0.25) is 5.95 Å². The van der Waals surface area contributed by atoms with Gasteiger partial charge in [0.15, 0.2) is 5.69 Å². The highest BCUT2D eigenvalue weighted by Crippen LogP contribution is 2.37. The molecular weight excluding hydrogens is 361 g/mol. The molecule has 0 bridgehead atoms. The Morgan fingerprint density at radius 1 is 1.22 bits per heavy atom. The molecule has 10 heteroatoms. The molecule has 3 aromatic heterocycles. The van der Waals surface area contributed by atoms with Gasteiger partial charge in [0, 0.05) is 24.6 Å². The number of hydrogen-bond acceptors (Lipinski definition) is 4. The molecule has 3 aromatic rings. The number of imidazole rings is 1. The van der Waals surface area contributed by atoms with Crippen LogP contribution < -0.4 is 5.32 Å². The first-order valence-corrected chi connectivity index (χ1v) is 8.63. The van der Waals surface area contributed by atoms with Crippen molar-refractivity contribution in [2.75, 3.05) is 0 Å². The molecule has 3 heterocycles. The number of aromatic amines is 1. The fourth-order valence-electron chi connectivity index (χ4n) is 3.41. The molecular formula is C17H17F3N6O. The second kappa shape index (κ2) is 6.67. The molecule has 0 saturated heterocycles. The van der Waals surface area contributed by atoms with Gasteiger partial charge in [-0.1, -0.05) is 0 Å². The average Bonchev–Trinajstić information content (AvgIpc) is 3.32. The molecule has 7 nitrogen and oxygen atoms in total. The highest BCUT2D eigenvalue weighted by Gasteiger charge is 2.41. The smallest absolute Gasteiger partial charge is 0.358 e. The quantitative estimate of drug-likeness (QED) is 0.733. The predicted octanol–water partition coefficient (Wildman–Crippen LogP) is 2.99. The van der Waals surface area contributed by atoms with Crippen molar-refractivity contribution in [2.24, 2.45) is 5.92 Å². The van der Waals surface area contributed by atoms with E-state index < -0.39 is 18.0 Å². The maximum Gasteiger partial charge on any atom is 0.391 e. The van der Waals surface area contributed by atoms with E-state index in [-0.39, 0.29) is 24.6 Å². The van der Waals surface area contributed by atoms with Crippen LogP contribution >= 0.6 is 0 Å². The lowest BCUT2D eigenvalue weighted by Gasteiger charge is -2.30. The van der Waals surface area contributed by atoms with Crippen LogP contribution in [0.5, 0.6) is 0 Å². The molecule has 0 unspecified atom stereocenters. The Morgan fingerprint density at radius 3 is 2.67 bits per heavy atom. The highest BCUT2D eigenvalue weighted by molar-refractivity contribution is 6.03. The van der Waals surface area contributed by atoms with Gasteiger partial charge in [0.25, 0.3) is 5.91 Å². The molecule has 2 N–H and O–H groups in total. The lowest BCUT2D eigenvalue weighted by Crippen LogP contribution is -2.40. The van der Waals surface area contributed by atoms with E-state index in [2.05, 4.69) is 25.3 Å². The Bertz CT molecular complexity index is 941. The third-order valence-electron chi connectivity index (χ3n) is 4.87. The van der Waals surface area contributed by atoms with Crippen molar-refractivity contribution < 1.29 is 18.0 Å². The number of aromatic nitrogens is 5. The minimum absolute atomic E-state index is 0.0242. The molecule has 0 spiro atoms. The highest BCUT2D eigenvalue weighted by atomic mass is 19.4. The van der Waals surface area contributed by atoms with Crippen LogP contribution in [0, 0.1) is 5.92 Å². The summed E-state index contributed by atoms with van der Waals surface area (Å²) in [4.78, 5) is 28.4. The van der Waals surface area contributed by atoms with Crippen molar-refractivity contribution in [3.8, 4) is 5.95 Å². The fourth-order valence-corrected chi connectivity index (χ4v) is 3.41. The Labute approximate surface area is 152 Å². The summed E-state index contributed by atoms with van der Waals surface area (Å²) in [6.07, 6.45) is 2.88. The molecule has 1 fully saturated rings.